The maximum atomic E-state index is 12.9. The number of rotatable bonds is 4. The molecule has 6 nitrogen and oxygen atoms in total. The molecule has 3 rings (SSSR count). The highest BCUT2D eigenvalue weighted by molar-refractivity contribution is 6.10. The predicted molar refractivity (Wildman–Crippen MR) is 99.8 cm³/mol. The molecule has 1 aliphatic carbocycles. The second kappa shape index (κ2) is 7.09. The molecule has 1 saturated heterocycles. The van der Waals surface area contributed by atoms with Crippen LogP contribution in [0.3, 0.4) is 0 Å². The fourth-order valence-corrected chi connectivity index (χ4v) is 3.96. The number of nitrogens with zero attached hydrogens (tertiary/aromatic N) is 1. The summed E-state index contributed by atoms with van der Waals surface area (Å²) in [6.45, 7) is 5.90. The van der Waals surface area contributed by atoms with Gasteiger partial charge in [0.25, 0.3) is 5.91 Å². The van der Waals surface area contributed by atoms with Crippen molar-refractivity contribution in [3.05, 3.63) is 29.8 Å². The Kier molecular flexibility index (Phi) is 5.03. The number of amides is 4. The van der Waals surface area contributed by atoms with Crippen molar-refractivity contribution in [1.82, 2.24) is 10.2 Å². The minimum Gasteiger partial charge on any atom is -0.325 e. The molecule has 140 valence electrons. The van der Waals surface area contributed by atoms with Gasteiger partial charge in [-0.3, -0.25) is 14.5 Å². The van der Waals surface area contributed by atoms with E-state index >= 15 is 0 Å². The molecule has 2 atom stereocenters. The van der Waals surface area contributed by atoms with Gasteiger partial charge in [0.2, 0.25) is 5.91 Å². The van der Waals surface area contributed by atoms with Crippen LogP contribution in [0.1, 0.15) is 57.9 Å². The SMILES string of the molecule is CC(C)c1cccc(NC(=O)CN2C(=O)NC3(CCCCC3C)C2=O)c1. The highest BCUT2D eigenvalue weighted by Crippen LogP contribution is 2.38. The summed E-state index contributed by atoms with van der Waals surface area (Å²) in [5.74, 6) is -0.190. The van der Waals surface area contributed by atoms with Gasteiger partial charge in [-0.05, 0) is 42.4 Å². The number of carbonyl (C=O) groups is 3. The van der Waals surface area contributed by atoms with E-state index in [2.05, 4.69) is 24.5 Å². The molecule has 26 heavy (non-hydrogen) atoms. The lowest BCUT2D eigenvalue weighted by molar-refractivity contribution is -0.136. The molecule has 1 aliphatic heterocycles. The highest BCUT2D eigenvalue weighted by Gasteiger charge is 2.55. The van der Waals surface area contributed by atoms with Gasteiger partial charge >= 0.3 is 6.03 Å². The molecule has 6 heteroatoms. The van der Waals surface area contributed by atoms with Crippen molar-refractivity contribution in [2.24, 2.45) is 5.92 Å². The van der Waals surface area contributed by atoms with Crippen LogP contribution in [0.15, 0.2) is 24.3 Å². The molecule has 2 aliphatic rings. The van der Waals surface area contributed by atoms with Crippen molar-refractivity contribution in [1.29, 1.82) is 0 Å². The molecule has 1 spiro atoms. The Balaban J connectivity index is 1.68. The quantitative estimate of drug-likeness (QED) is 0.812. The third kappa shape index (κ3) is 3.32. The Morgan fingerprint density at radius 2 is 2.12 bits per heavy atom. The van der Waals surface area contributed by atoms with E-state index in [4.69, 9.17) is 0 Å². The Labute approximate surface area is 154 Å². The van der Waals surface area contributed by atoms with E-state index in [-0.39, 0.29) is 24.3 Å². The molecule has 1 saturated carbocycles. The van der Waals surface area contributed by atoms with Crippen molar-refractivity contribution in [2.75, 3.05) is 11.9 Å². The van der Waals surface area contributed by atoms with E-state index in [0.717, 1.165) is 29.7 Å². The van der Waals surface area contributed by atoms with Gasteiger partial charge in [0.1, 0.15) is 12.1 Å². The number of imide groups is 1. The number of anilines is 1. The molecular formula is C20H27N3O3. The Bertz CT molecular complexity index is 731. The second-order valence-electron chi connectivity index (χ2n) is 7.77. The smallest absolute Gasteiger partial charge is 0.325 e. The minimum atomic E-state index is -0.826. The average Bonchev–Trinajstić information content (AvgIpc) is 2.83. The van der Waals surface area contributed by atoms with E-state index in [0.29, 0.717) is 18.0 Å². The third-order valence-corrected chi connectivity index (χ3v) is 5.64. The van der Waals surface area contributed by atoms with Crippen LogP contribution < -0.4 is 10.6 Å². The molecule has 1 heterocycles. The fourth-order valence-electron chi connectivity index (χ4n) is 3.96. The summed E-state index contributed by atoms with van der Waals surface area (Å²) >= 11 is 0. The highest BCUT2D eigenvalue weighted by atomic mass is 16.2. The van der Waals surface area contributed by atoms with Gasteiger partial charge in [-0.25, -0.2) is 4.79 Å². The number of hydrogen-bond acceptors (Lipinski definition) is 3. The zero-order valence-electron chi connectivity index (χ0n) is 15.7. The molecule has 2 fully saturated rings. The van der Waals surface area contributed by atoms with Crippen molar-refractivity contribution in [2.45, 2.75) is 57.9 Å². The van der Waals surface area contributed by atoms with E-state index in [9.17, 15) is 14.4 Å². The molecule has 4 amide bonds. The summed E-state index contributed by atoms with van der Waals surface area (Å²) in [6, 6.07) is 7.15. The number of carbonyl (C=O) groups excluding carboxylic acids is 3. The van der Waals surface area contributed by atoms with Crippen LogP contribution in [0.5, 0.6) is 0 Å². The minimum absolute atomic E-state index is 0.0866. The van der Waals surface area contributed by atoms with Crippen LogP contribution in [0, 0.1) is 5.92 Å². The lowest BCUT2D eigenvalue weighted by atomic mass is 9.73. The molecular weight excluding hydrogens is 330 g/mol. The van der Waals surface area contributed by atoms with Gasteiger partial charge in [0, 0.05) is 5.69 Å². The molecule has 0 radical (unpaired) electrons. The van der Waals surface area contributed by atoms with E-state index in [1.807, 2.05) is 25.1 Å². The first-order valence-corrected chi connectivity index (χ1v) is 9.37. The average molecular weight is 357 g/mol. The molecule has 2 N–H and O–H groups in total. The first kappa shape index (κ1) is 18.4. The van der Waals surface area contributed by atoms with Gasteiger partial charge in [0.15, 0.2) is 0 Å². The second-order valence-corrected chi connectivity index (χ2v) is 7.77. The zero-order valence-corrected chi connectivity index (χ0v) is 15.7. The van der Waals surface area contributed by atoms with Gasteiger partial charge in [0.05, 0.1) is 0 Å². The lowest BCUT2D eigenvalue weighted by Crippen LogP contribution is -2.54. The van der Waals surface area contributed by atoms with Gasteiger partial charge in [-0.2, -0.15) is 0 Å². The number of urea groups is 1. The normalized spacial score (nSPS) is 25.7. The van der Waals surface area contributed by atoms with Crippen molar-refractivity contribution < 1.29 is 14.4 Å². The summed E-state index contributed by atoms with van der Waals surface area (Å²) < 4.78 is 0. The summed E-state index contributed by atoms with van der Waals surface area (Å²) in [5, 5.41) is 5.66. The van der Waals surface area contributed by atoms with E-state index < -0.39 is 11.6 Å². The van der Waals surface area contributed by atoms with Crippen LogP contribution in [0.4, 0.5) is 10.5 Å². The van der Waals surface area contributed by atoms with E-state index in [1.165, 1.54) is 0 Å². The van der Waals surface area contributed by atoms with E-state index in [1.54, 1.807) is 6.07 Å². The summed E-state index contributed by atoms with van der Waals surface area (Å²) in [7, 11) is 0. The van der Waals surface area contributed by atoms with Gasteiger partial charge in [-0.1, -0.05) is 45.7 Å². The monoisotopic (exact) mass is 357 g/mol. The Morgan fingerprint density at radius 3 is 2.81 bits per heavy atom. The summed E-state index contributed by atoms with van der Waals surface area (Å²) in [6.07, 6.45) is 3.54. The van der Waals surface area contributed by atoms with Crippen LogP contribution in [-0.2, 0) is 9.59 Å². The zero-order chi connectivity index (χ0) is 18.9. The van der Waals surface area contributed by atoms with Gasteiger partial charge < -0.3 is 10.6 Å². The number of hydrogen-bond donors (Lipinski definition) is 2. The molecule has 0 bridgehead atoms. The number of nitrogens with one attached hydrogen (secondary N) is 2. The van der Waals surface area contributed by atoms with Crippen molar-refractivity contribution in [3.8, 4) is 0 Å². The summed E-state index contributed by atoms with van der Waals surface area (Å²) in [4.78, 5) is 38.7. The standard InChI is InChI=1S/C20H27N3O3/c1-13(2)15-8-6-9-16(11-15)21-17(24)12-23-18(25)20(22-19(23)26)10-5-4-7-14(20)3/h6,8-9,11,13-14H,4-5,7,10,12H2,1-3H3,(H,21,24)(H,22,26). The first-order valence-electron chi connectivity index (χ1n) is 9.37. The van der Waals surface area contributed by atoms with Crippen molar-refractivity contribution >= 4 is 23.5 Å². The lowest BCUT2D eigenvalue weighted by Gasteiger charge is -2.36. The maximum Gasteiger partial charge on any atom is 0.325 e. The molecule has 1 aromatic rings. The summed E-state index contributed by atoms with van der Waals surface area (Å²) in [5.41, 5.74) is 0.967. The molecule has 2 unspecified atom stereocenters. The van der Waals surface area contributed by atoms with Crippen LogP contribution >= 0.6 is 0 Å². The van der Waals surface area contributed by atoms with Crippen LogP contribution in [0.2, 0.25) is 0 Å². The Hall–Kier alpha value is -2.37. The fraction of sp³-hybridized carbons (Fsp3) is 0.550. The number of benzene rings is 1. The first-order chi connectivity index (χ1) is 12.3. The topological polar surface area (TPSA) is 78.5 Å². The maximum absolute atomic E-state index is 12.9. The molecule has 0 aromatic heterocycles. The largest absolute Gasteiger partial charge is 0.325 e. The van der Waals surface area contributed by atoms with Crippen LogP contribution in [-0.4, -0.2) is 34.8 Å². The third-order valence-electron chi connectivity index (χ3n) is 5.64. The van der Waals surface area contributed by atoms with Crippen LogP contribution in [0.25, 0.3) is 0 Å². The predicted octanol–water partition coefficient (Wildman–Crippen LogP) is 3.25. The van der Waals surface area contributed by atoms with Gasteiger partial charge in [-0.15, -0.1) is 0 Å². The Morgan fingerprint density at radius 1 is 1.35 bits per heavy atom. The molecule has 1 aromatic carbocycles. The van der Waals surface area contributed by atoms with Crippen molar-refractivity contribution in [3.63, 3.8) is 0 Å².